The Morgan fingerprint density at radius 3 is 2.52 bits per heavy atom. The lowest BCUT2D eigenvalue weighted by Crippen LogP contribution is -2.29. The third-order valence-corrected chi connectivity index (χ3v) is 4.00. The first-order valence-corrected chi connectivity index (χ1v) is 8.07. The summed E-state index contributed by atoms with van der Waals surface area (Å²) in [7, 11) is 1.66. The lowest BCUT2D eigenvalue weighted by molar-refractivity contribution is 0.175. The monoisotopic (exact) mass is 303 g/mol. The van der Waals surface area contributed by atoms with E-state index in [9.17, 15) is 0 Å². The molecule has 21 heavy (non-hydrogen) atoms. The van der Waals surface area contributed by atoms with Gasteiger partial charge in [-0.05, 0) is 43.0 Å². The van der Waals surface area contributed by atoms with Crippen molar-refractivity contribution in [2.45, 2.75) is 24.0 Å². The number of benzene rings is 2. The predicted molar refractivity (Wildman–Crippen MR) is 88.2 cm³/mol. The number of para-hydroxylation sites is 1. The molecule has 4 heteroatoms. The van der Waals surface area contributed by atoms with Crippen LogP contribution in [-0.4, -0.2) is 19.4 Å². The van der Waals surface area contributed by atoms with Gasteiger partial charge in [-0.15, -0.1) is 11.8 Å². The summed E-state index contributed by atoms with van der Waals surface area (Å²) in [6.45, 7) is 1.95. The van der Waals surface area contributed by atoms with Gasteiger partial charge in [0.2, 0.25) is 0 Å². The Morgan fingerprint density at radius 1 is 1.10 bits per heavy atom. The highest BCUT2D eigenvalue weighted by Gasteiger charge is 2.20. The van der Waals surface area contributed by atoms with Crippen LogP contribution in [0.25, 0.3) is 0 Å². The van der Waals surface area contributed by atoms with Gasteiger partial charge in [0, 0.05) is 10.9 Å². The van der Waals surface area contributed by atoms with E-state index in [4.69, 9.17) is 15.2 Å². The molecule has 3 nitrogen and oxygen atoms in total. The molecule has 0 bridgehead atoms. The second-order valence-corrected chi connectivity index (χ2v) is 5.67. The third kappa shape index (κ3) is 3.93. The fraction of sp³-hybridized carbons (Fsp3) is 0.294. The average Bonchev–Trinajstić information content (AvgIpc) is 2.52. The zero-order valence-electron chi connectivity index (χ0n) is 12.6. The first-order valence-electron chi connectivity index (χ1n) is 6.85. The Kier molecular flexibility index (Phi) is 5.53. The Hall–Kier alpha value is -1.65. The maximum absolute atomic E-state index is 6.18. The molecule has 0 fully saturated rings. The number of hydrogen-bond donors (Lipinski definition) is 1. The zero-order chi connectivity index (χ0) is 15.2. The normalized spacial score (nSPS) is 13.5. The molecule has 0 radical (unpaired) electrons. The van der Waals surface area contributed by atoms with Gasteiger partial charge in [0.1, 0.15) is 17.6 Å². The highest BCUT2D eigenvalue weighted by Crippen LogP contribution is 2.32. The fourth-order valence-corrected chi connectivity index (χ4v) is 2.68. The standard InChI is InChI=1S/C17H21NO2S/c1-12(18)17(13-7-6-8-14(11-13)19-2)20-15-9-4-5-10-16(15)21-3/h4-12,17H,18H2,1-3H3. The first-order chi connectivity index (χ1) is 10.2. The number of ether oxygens (including phenoxy) is 2. The summed E-state index contributed by atoms with van der Waals surface area (Å²) in [5, 5.41) is 0. The molecular weight excluding hydrogens is 282 g/mol. The summed E-state index contributed by atoms with van der Waals surface area (Å²) in [5.74, 6) is 1.66. The van der Waals surface area contributed by atoms with E-state index in [2.05, 4.69) is 0 Å². The summed E-state index contributed by atoms with van der Waals surface area (Å²) in [6, 6.07) is 15.7. The second kappa shape index (κ2) is 7.38. The van der Waals surface area contributed by atoms with E-state index in [0.29, 0.717) is 0 Å². The molecule has 2 rings (SSSR count). The van der Waals surface area contributed by atoms with Gasteiger partial charge in [-0.25, -0.2) is 0 Å². The average molecular weight is 303 g/mol. The molecule has 2 unspecified atom stereocenters. The van der Waals surface area contributed by atoms with Crippen LogP contribution in [0.5, 0.6) is 11.5 Å². The van der Waals surface area contributed by atoms with E-state index >= 15 is 0 Å². The molecule has 0 aliphatic carbocycles. The van der Waals surface area contributed by atoms with Gasteiger partial charge in [-0.3, -0.25) is 0 Å². The molecule has 112 valence electrons. The highest BCUT2D eigenvalue weighted by atomic mass is 32.2. The molecule has 0 saturated heterocycles. The van der Waals surface area contributed by atoms with Gasteiger partial charge in [0.15, 0.2) is 0 Å². The molecule has 0 spiro atoms. The SMILES string of the molecule is COc1cccc(C(Oc2ccccc2SC)C(C)N)c1. The van der Waals surface area contributed by atoms with E-state index < -0.39 is 0 Å². The van der Waals surface area contributed by atoms with Crippen LogP contribution in [0.3, 0.4) is 0 Å². The second-order valence-electron chi connectivity index (χ2n) is 4.83. The predicted octanol–water partition coefficient (Wildman–Crippen LogP) is 3.88. The van der Waals surface area contributed by atoms with Gasteiger partial charge >= 0.3 is 0 Å². The maximum Gasteiger partial charge on any atom is 0.139 e. The van der Waals surface area contributed by atoms with Crippen LogP contribution in [-0.2, 0) is 0 Å². The lowest BCUT2D eigenvalue weighted by Gasteiger charge is -2.24. The molecule has 0 aliphatic rings. The molecular formula is C17H21NO2S. The lowest BCUT2D eigenvalue weighted by atomic mass is 10.0. The van der Waals surface area contributed by atoms with Crippen LogP contribution in [0, 0.1) is 0 Å². The molecule has 0 amide bonds. The summed E-state index contributed by atoms with van der Waals surface area (Å²) in [5.41, 5.74) is 7.14. The van der Waals surface area contributed by atoms with E-state index in [-0.39, 0.29) is 12.1 Å². The van der Waals surface area contributed by atoms with Crippen LogP contribution >= 0.6 is 11.8 Å². The minimum atomic E-state index is -0.214. The Morgan fingerprint density at radius 2 is 1.86 bits per heavy atom. The molecule has 2 N–H and O–H groups in total. The van der Waals surface area contributed by atoms with E-state index in [1.807, 2.05) is 61.7 Å². The number of hydrogen-bond acceptors (Lipinski definition) is 4. The van der Waals surface area contributed by atoms with Crippen LogP contribution in [0.2, 0.25) is 0 Å². The molecule has 0 heterocycles. The van der Waals surface area contributed by atoms with Crippen LogP contribution < -0.4 is 15.2 Å². The van der Waals surface area contributed by atoms with Crippen molar-refractivity contribution in [2.75, 3.05) is 13.4 Å². The summed E-state index contributed by atoms with van der Waals surface area (Å²) >= 11 is 1.66. The van der Waals surface area contributed by atoms with E-state index in [1.165, 1.54) is 0 Å². The van der Waals surface area contributed by atoms with Crippen molar-refractivity contribution in [2.24, 2.45) is 5.73 Å². The smallest absolute Gasteiger partial charge is 0.139 e. The minimum Gasteiger partial charge on any atom is -0.497 e. The van der Waals surface area contributed by atoms with Crippen molar-refractivity contribution < 1.29 is 9.47 Å². The van der Waals surface area contributed by atoms with Gasteiger partial charge < -0.3 is 15.2 Å². The molecule has 0 saturated carbocycles. The number of methoxy groups -OCH3 is 1. The molecule has 2 aromatic carbocycles. The van der Waals surface area contributed by atoms with Crippen molar-refractivity contribution in [1.82, 2.24) is 0 Å². The van der Waals surface area contributed by atoms with E-state index in [0.717, 1.165) is 22.0 Å². The van der Waals surface area contributed by atoms with Crippen LogP contribution in [0.15, 0.2) is 53.4 Å². The molecule has 0 aliphatic heterocycles. The maximum atomic E-state index is 6.18. The van der Waals surface area contributed by atoms with Crippen molar-refractivity contribution in [1.29, 1.82) is 0 Å². The largest absolute Gasteiger partial charge is 0.497 e. The van der Waals surface area contributed by atoms with Crippen molar-refractivity contribution in [3.63, 3.8) is 0 Å². The Balaban J connectivity index is 2.31. The number of nitrogens with two attached hydrogens (primary N) is 1. The van der Waals surface area contributed by atoms with Gasteiger partial charge in [-0.2, -0.15) is 0 Å². The fourth-order valence-electron chi connectivity index (χ4n) is 2.15. The topological polar surface area (TPSA) is 44.5 Å². The summed E-state index contributed by atoms with van der Waals surface area (Å²) in [4.78, 5) is 1.10. The molecule has 2 atom stereocenters. The third-order valence-electron chi connectivity index (χ3n) is 3.22. The Bertz CT molecular complexity index is 587. The van der Waals surface area contributed by atoms with Gasteiger partial charge in [0.25, 0.3) is 0 Å². The van der Waals surface area contributed by atoms with Crippen molar-refractivity contribution in [3.05, 3.63) is 54.1 Å². The van der Waals surface area contributed by atoms with Crippen LogP contribution in [0.4, 0.5) is 0 Å². The minimum absolute atomic E-state index is 0.132. The van der Waals surface area contributed by atoms with Gasteiger partial charge in [0.05, 0.1) is 7.11 Å². The molecule has 2 aromatic rings. The van der Waals surface area contributed by atoms with E-state index in [1.54, 1.807) is 18.9 Å². The zero-order valence-corrected chi connectivity index (χ0v) is 13.4. The number of rotatable bonds is 6. The van der Waals surface area contributed by atoms with Crippen molar-refractivity contribution >= 4 is 11.8 Å². The quantitative estimate of drug-likeness (QED) is 0.822. The highest BCUT2D eigenvalue weighted by molar-refractivity contribution is 7.98. The molecule has 0 aromatic heterocycles. The first kappa shape index (κ1) is 15.7. The summed E-state index contributed by atoms with van der Waals surface area (Å²) in [6.07, 6.45) is 1.82. The Labute approximate surface area is 130 Å². The van der Waals surface area contributed by atoms with Gasteiger partial charge in [-0.1, -0.05) is 24.3 Å². The van der Waals surface area contributed by atoms with Crippen molar-refractivity contribution in [3.8, 4) is 11.5 Å². The summed E-state index contributed by atoms with van der Waals surface area (Å²) < 4.78 is 11.5. The number of thioether (sulfide) groups is 1. The van der Waals surface area contributed by atoms with Crippen LogP contribution in [0.1, 0.15) is 18.6 Å².